The molecule has 2 aromatic heterocycles. The molecule has 0 aliphatic carbocycles. The van der Waals surface area contributed by atoms with Crippen molar-refractivity contribution in [2.75, 3.05) is 11.4 Å². The van der Waals surface area contributed by atoms with Gasteiger partial charge in [0, 0.05) is 22.1 Å². The number of aromatic nitrogens is 3. The van der Waals surface area contributed by atoms with Gasteiger partial charge in [-0.2, -0.15) is 9.50 Å². The van der Waals surface area contributed by atoms with Gasteiger partial charge in [0.1, 0.15) is 4.53 Å². The molecule has 0 unspecified atom stereocenters. The molecule has 1 aliphatic rings. The Kier molecular flexibility index (Phi) is 4.67. The maximum absolute atomic E-state index is 13.4. The Morgan fingerprint density at radius 1 is 1.00 bits per heavy atom. The molecule has 0 N–H and O–H groups in total. The van der Waals surface area contributed by atoms with Gasteiger partial charge >= 0.3 is 0 Å². The van der Waals surface area contributed by atoms with Crippen molar-refractivity contribution < 1.29 is 4.79 Å². The highest BCUT2D eigenvalue weighted by molar-refractivity contribution is 9.10. The van der Waals surface area contributed by atoms with E-state index in [4.69, 9.17) is 0 Å². The predicted molar refractivity (Wildman–Crippen MR) is 135 cm³/mol. The van der Waals surface area contributed by atoms with E-state index in [0.29, 0.717) is 27.4 Å². The zero-order valence-corrected chi connectivity index (χ0v) is 20.0. The first-order valence-electron chi connectivity index (χ1n) is 10.6. The first-order valence-corrected chi connectivity index (χ1v) is 12.2. The monoisotopic (exact) mass is 516 g/mol. The first-order chi connectivity index (χ1) is 16.1. The third kappa shape index (κ3) is 3.05. The molecule has 6 nitrogen and oxygen atoms in total. The van der Waals surface area contributed by atoms with Crippen molar-refractivity contribution in [3.05, 3.63) is 85.6 Å². The minimum atomic E-state index is -0.318. The zero-order chi connectivity index (χ0) is 22.7. The maximum atomic E-state index is 13.4. The van der Waals surface area contributed by atoms with Crippen molar-refractivity contribution in [2.24, 2.45) is 0 Å². The van der Waals surface area contributed by atoms with Crippen molar-refractivity contribution in [3.63, 3.8) is 0 Å². The Bertz CT molecular complexity index is 1700. The molecule has 3 aromatic carbocycles. The topological polar surface area (TPSA) is 67.6 Å². The Morgan fingerprint density at radius 3 is 2.64 bits per heavy atom. The van der Waals surface area contributed by atoms with Crippen LogP contribution in [0, 0.1) is 0 Å². The van der Waals surface area contributed by atoms with Crippen LogP contribution in [0.1, 0.15) is 18.9 Å². The average Bonchev–Trinajstić information content (AvgIpc) is 3.45. The van der Waals surface area contributed by atoms with Crippen LogP contribution in [0.2, 0.25) is 0 Å². The van der Waals surface area contributed by atoms with Gasteiger partial charge < -0.3 is 4.90 Å². The number of nitrogens with zero attached hydrogens (tertiary/aromatic N) is 4. The number of thiazole rings is 1. The van der Waals surface area contributed by atoms with Crippen molar-refractivity contribution in [2.45, 2.75) is 13.3 Å². The normalized spacial score (nSPS) is 15.1. The number of fused-ring (bicyclic) bond motifs is 3. The molecule has 6 rings (SSSR count). The molecule has 1 aliphatic heterocycles. The Hall–Kier alpha value is -3.36. The van der Waals surface area contributed by atoms with E-state index in [9.17, 15) is 9.59 Å². The van der Waals surface area contributed by atoms with Gasteiger partial charge in [-0.3, -0.25) is 9.59 Å². The lowest BCUT2D eigenvalue weighted by molar-refractivity contribution is -0.113. The van der Waals surface area contributed by atoms with Crippen LogP contribution in [-0.2, 0) is 4.79 Å². The van der Waals surface area contributed by atoms with Gasteiger partial charge in [0.05, 0.1) is 11.3 Å². The molecule has 0 radical (unpaired) electrons. The second kappa shape index (κ2) is 7.60. The quantitative estimate of drug-likeness (QED) is 0.356. The lowest BCUT2D eigenvalue weighted by Gasteiger charge is -2.15. The van der Waals surface area contributed by atoms with Gasteiger partial charge in [-0.1, -0.05) is 76.7 Å². The smallest absolute Gasteiger partial charge is 0.291 e. The predicted octanol–water partition coefficient (Wildman–Crippen LogP) is 4.41. The van der Waals surface area contributed by atoms with Crippen LogP contribution < -0.4 is 15.0 Å². The van der Waals surface area contributed by atoms with E-state index < -0.39 is 0 Å². The molecule has 0 bridgehead atoms. The highest BCUT2D eigenvalue weighted by atomic mass is 79.9. The Morgan fingerprint density at radius 2 is 1.82 bits per heavy atom. The van der Waals surface area contributed by atoms with Crippen molar-refractivity contribution in [1.29, 1.82) is 0 Å². The minimum Gasteiger partial charge on any atom is -0.308 e. The average molecular weight is 517 g/mol. The van der Waals surface area contributed by atoms with Crippen LogP contribution in [0.15, 0.2) is 69.9 Å². The number of anilines is 1. The molecular formula is C25H17BrN4O2S. The summed E-state index contributed by atoms with van der Waals surface area (Å²) in [6.45, 7) is 2.62. The third-order valence-electron chi connectivity index (χ3n) is 5.84. The second-order valence-electron chi connectivity index (χ2n) is 7.89. The van der Waals surface area contributed by atoms with E-state index in [1.54, 1.807) is 4.90 Å². The fourth-order valence-corrected chi connectivity index (χ4v) is 5.75. The zero-order valence-electron chi connectivity index (χ0n) is 17.6. The van der Waals surface area contributed by atoms with Gasteiger partial charge in [0.15, 0.2) is 5.82 Å². The summed E-state index contributed by atoms with van der Waals surface area (Å²) in [7, 11) is 0. The van der Waals surface area contributed by atoms with Crippen LogP contribution in [0.5, 0.6) is 0 Å². The van der Waals surface area contributed by atoms with E-state index in [-0.39, 0.29) is 11.5 Å². The van der Waals surface area contributed by atoms with E-state index >= 15 is 0 Å². The molecule has 3 heterocycles. The Labute approximate surface area is 200 Å². The fraction of sp³-hybridized carbons (Fsp3) is 0.120. The van der Waals surface area contributed by atoms with Gasteiger partial charge in [0.2, 0.25) is 4.96 Å². The molecule has 8 heteroatoms. The highest BCUT2D eigenvalue weighted by Gasteiger charge is 2.34. The summed E-state index contributed by atoms with van der Waals surface area (Å²) in [5.74, 6) is 0.348. The number of carbonyl (C=O) groups is 1. The van der Waals surface area contributed by atoms with Crippen molar-refractivity contribution >= 4 is 60.2 Å². The second-order valence-corrected chi connectivity index (χ2v) is 9.78. The molecule has 33 heavy (non-hydrogen) atoms. The minimum absolute atomic E-state index is 0.152. The van der Waals surface area contributed by atoms with E-state index in [0.717, 1.165) is 38.5 Å². The molecule has 0 saturated carbocycles. The number of benzene rings is 3. The maximum Gasteiger partial charge on any atom is 0.291 e. The summed E-state index contributed by atoms with van der Waals surface area (Å²) in [5, 5.41) is 6.65. The molecule has 5 aromatic rings. The molecular weight excluding hydrogens is 500 g/mol. The summed E-state index contributed by atoms with van der Waals surface area (Å²) in [6.07, 6.45) is 0.822. The number of rotatable bonds is 3. The molecule has 162 valence electrons. The highest BCUT2D eigenvalue weighted by Crippen LogP contribution is 2.37. The summed E-state index contributed by atoms with van der Waals surface area (Å²) in [4.78, 5) is 33.6. The largest absolute Gasteiger partial charge is 0.308 e. The van der Waals surface area contributed by atoms with E-state index in [1.807, 2.05) is 67.6 Å². The fourth-order valence-electron chi connectivity index (χ4n) is 4.39. The van der Waals surface area contributed by atoms with E-state index in [2.05, 4.69) is 26.0 Å². The molecule has 1 amide bonds. The molecule has 0 atom stereocenters. The van der Waals surface area contributed by atoms with Gasteiger partial charge in [-0.25, -0.2) is 0 Å². The van der Waals surface area contributed by atoms with Gasteiger partial charge in [-0.05, 0) is 35.4 Å². The third-order valence-corrected chi connectivity index (χ3v) is 7.36. The Balaban J connectivity index is 1.58. The van der Waals surface area contributed by atoms with Gasteiger partial charge in [0.25, 0.3) is 11.5 Å². The number of hydrogen-bond acceptors (Lipinski definition) is 5. The SMILES string of the molecule is CCCN1C(=O)C(=c2sc3nc(-c4cccc5ccccc45)nn3c2=O)c2cc(Br)ccc21. The van der Waals surface area contributed by atoms with Crippen LogP contribution in [0.3, 0.4) is 0 Å². The standard InChI is InChI=1S/C25H17BrN4O2S/c1-2-12-29-19-11-10-15(26)13-18(19)20(23(29)31)21-24(32)30-25(33-21)27-22(28-30)17-9-5-7-14-6-3-4-8-16(14)17/h3-11,13H,2,12H2,1H3. The lowest BCUT2D eigenvalue weighted by atomic mass is 10.0. The van der Waals surface area contributed by atoms with E-state index in [1.165, 1.54) is 15.9 Å². The van der Waals surface area contributed by atoms with Gasteiger partial charge in [-0.15, -0.1) is 5.10 Å². The van der Waals surface area contributed by atoms with Crippen molar-refractivity contribution in [1.82, 2.24) is 14.6 Å². The van der Waals surface area contributed by atoms with Crippen molar-refractivity contribution in [3.8, 4) is 11.4 Å². The molecule has 0 fully saturated rings. The first kappa shape index (κ1) is 20.3. The summed E-state index contributed by atoms with van der Waals surface area (Å²) < 4.78 is 2.55. The van der Waals surface area contributed by atoms with Crippen LogP contribution >= 0.6 is 27.3 Å². The molecule has 0 spiro atoms. The number of hydrogen-bond donors (Lipinski definition) is 0. The van der Waals surface area contributed by atoms with Crippen LogP contribution in [0.4, 0.5) is 5.69 Å². The summed E-state index contributed by atoms with van der Waals surface area (Å²) >= 11 is 4.71. The lowest BCUT2D eigenvalue weighted by Crippen LogP contribution is -2.32. The number of carbonyl (C=O) groups excluding carboxylic acids is 1. The number of amides is 1. The summed E-state index contributed by atoms with van der Waals surface area (Å²) in [5.41, 5.74) is 2.57. The van der Waals surface area contributed by atoms with Crippen LogP contribution in [0.25, 0.3) is 32.7 Å². The summed E-state index contributed by atoms with van der Waals surface area (Å²) in [6, 6.07) is 19.7. The number of halogens is 1. The molecule has 0 saturated heterocycles. The van der Waals surface area contributed by atoms with Crippen LogP contribution in [-0.4, -0.2) is 27.0 Å².